The van der Waals surface area contributed by atoms with E-state index in [4.69, 9.17) is 21.6 Å². The first kappa shape index (κ1) is 24.4. The van der Waals surface area contributed by atoms with Crippen LogP contribution in [-0.4, -0.2) is 80.8 Å². The highest BCUT2D eigenvalue weighted by atomic mass is 35.5. The van der Waals surface area contributed by atoms with E-state index in [-0.39, 0.29) is 0 Å². The molecule has 38 heavy (non-hydrogen) atoms. The molecule has 0 amide bonds. The van der Waals surface area contributed by atoms with E-state index in [9.17, 15) is 0 Å². The minimum absolute atomic E-state index is 0.572. The second-order valence-electron chi connectivity index (χ2n) is 12.0. The summed E-state index contributed by atoms with van der Waals surface area (Å²) in [5, 5.41) is 6.89. The van der Waals surface area contributed by atoms with Gasteiger partial charge >= 0.3 is 0 Å². The lowest BCUT2D eigenvalue weighted by atomic mass is 9.99. The zero-order chi connectivity index (χ0) is 25.8. The first-order chi connectivity index (χ1) is 18.5. The zero-order valence-corrected chi connectivity index (χ0v) is 23.3. The van der Waals surface area contributed by atoms with Gasteiger partial charge in [0.2, 0.25) is 5.95 Å². The molecular weight excluding hydrogens is 494 g/mol. The number of nitrogens with zero attached hydrogens (tertiary/aromatic N) is 6. The molecule has 7 rings (SSSR count). The van der Waals surface area contributed by atoms with E-state index in [1.165, 1.54) is 47.5 Å². The first-order valence-corrected chi connectivity index (χ1v) is 14.6. The Morgan fingerprint density at radius 1 is 1.00 bits per heavy atom. The Hall–Kier alpha value is -2.61. The maximum Gasteiger partial charge on any atom is 0.227 e. The van der Waals surface area contributed by atoms with Gasteiger partial charge in [-0.1, -0.05) is 35.9 Å². The van der Waals surface area contributed by atoms with Crippen LogP contribution in [0, 0.1) is 11.8 Å². The standard InChI is InChI=1S/C30H38ClN7/c1-35(2)15-21-16-38(17-21)30-33-26-19-36(27-8-4-6-22-5-3-7-25(31)28(22)27)12-10-24(26)29(34-30)37-11-9-20-13-23(18-37)32-14-20/h3-8,20-21,23,32H,9-19H2,1-2H3. The van der Waals surface area contributed by atoms with Gasteiger partial charge in [-0.3, -0.25) is 0 Å². The molecule has 4 aliphatic rings. The average molecular weight is 532 g/mol. The van der Waals surface area contributed by atoms with Crippen molar-refractivity contribution in [3.05, 3.63) is 52.7 Å². The molecule has 0 saturated carbocycles. The first-order valence-electron chi connectivity index (χ1n) is 14.2. The normalized spacial score (nSPS) is 23.6. The molecule has 1 aromatic heterocycles. The summed E-state index contributed by atoms with van der Waals surface area (Å²) in [6, 6.07) is 13.3. The Balaban J connectivity index is 1.24. The van der Waals surface area contributed by atoms with Gasteiger partial charge in [0, 0.05) is 67.9 Å². The van der Waals surface area contributed by atoms with E-state index in [0.29, 0.717) is 12.0 Å². The predicted octanol–water partition coefficient (Wildman–Crippen LogP) is 4.03. The Bertz CT molecular complexity index is 1330. The highest BCUT2D eigenvalue weighted by Crippen LogP contribution is 2.38. The molecule has 5 heterocycles. The summed E-state index contributed by atoms with van der Waals surface area (Å²) in [5.74, 6) is 3.58. The van der Waals surface area contributed by atoms with Gasteiger partial charge in [0.1, 0.15) is 5.82 Å². The van der Waals surface area contributed by atoms with Crippen LogP contribution in [-0.2, 0) is 13.0 Å². The number of hydrogen-bond acceptors (Lipinski definition) is 7. The minimum atomic E-state index is 0.572. The monoisotopic (exact) mass is 531 g/mol. The Kier molecular flexibility index (Phi) is 6.33. The van der Waals surface area contributed by atoms with E-state index in [1.807, 2.05) is 12.1 Å². The molecule has 200 valence electrons. The number of hydrogen-bond donors (Lipinski definition) is 1. The molecule has 7 nitrogen and oxygen atoms in total. The van der Waals surface area contributed by atoms with Crippen LogP contribution in [0.2, 0.25) is 5.02 Å². The summed E-state index contributed by atoms with van der Waals surface area (Å²) in [4.78, 5) is 20.2. The molecule has 3 fully saturated rings. The largest absolute Gasteiger partial charge is 0.365 e. The number of benzene rings is 2. The van der Waals surface area contributed by atoms with Crippen LogP contribution in [0.5, 0.6) is 0 Å². The van der Waals surface area contributed by atoms with Gasteiger partial charge in [0.15, 0.2) is 0 Å². The smallest absolute Gasteiger partial charge is 0.227 e. The van der Waals surface area contributed by atoms with Crippen molar-refractivity contribution in [2.24, 2.45) is 11.8 Å². The van der Waals surface area contributed by atoms with Crippen LogP contribution in [0.4, 0.5) is 17.5 Å². The van der Waals surface area contributed by atoms with E-state index in [2.05, 4.69) is 63.3 Å². The lowest BCUT2D eigenvalue weighted by Crippen LogP contribution is -2.51. The highest BCUT2D eigenvalue weighted by Gasteiger charge is 2.35. The number of rotatable bonds is 5. The minimum Gasteiger partial charge on any atom is -0.365 e. The zero-order valence-electron chi connectivity index (χ0n) is 22.5. The summed E-state index contributed by atoms with van der Waals surface area (Å²) < 4.78 is 0. The van der Waals surface area contributed by atoms with Crippen molar-refractivity contribution in [2.75, 3.05) is 74.6 Å². The number of fused-ring (bicyclic) bond motifs is 4. The fraction of sp³-hybridized carbons (Fsp3) is 0.533. The topological polar surface area (TPSA) is 50.8 Å². The summed E-state index contributed by atoms with van der Waals surface area (Å²) in [6.07, 6.45) is 3.49. The van der Waals surface area contributed by atoms with Crippen LogP contribution in [0.1, 0.15) is 24.1 Å². The van der Waals surface area contributed by atoms with Crippen molar-refractivity contribution < 1.29 is 0 Å². The van der Waals surface area contributed by atoms with Gasteiger partial charge in [0.05, 0.1) is 17.3 Å². The van der Waals surface area contributed by atoms with Crippen LogP contribution in [0.3, 0.4) is 0 Å². The summed E-state index contributed by atoms with van der Waals surface area (Å²) in [6.45, 7) is 8.23. The lowest BCUT2D eigenvalue weighted by molar-refractivity contribution is 0.281. The van der Waals surface area contributed by atoms with Gasteiger partial charge in [-0.2, -0.15) is 4.98 Å². The van der Waals surface area contributed by atoms with Crippen molar-refractivity contribution in [1.29, 1.82) is 0 Å². The molecule has 2 aromatic carbocycles. The summed E-state index contributed by atoms with van der Waals surface area (Å²) in [7, 11) is 4.32. The summed E-state index contributed by atoms with van der Waals surface area (Å²) in [5.41, 5.74) is 3.73. The molecule has 2 unspecified atom stereocenters. The van der Waals surface area contributed by atoms with Crippen molar-refractivity contribution >= 4 is 39.8 Å². The number of nitrogens with one attached hydrogen (secondary N) is 1. The van der Waals surface area contributed by atoms with Gasteiger partial charge in [-0.05, 0) is 63.3 Å². The highest BCUT2D eigenvalue weighted by molar-refractivity contribution is 6.36. The molecule has 1 N–H and O–H groups in total. The van der Waals surface area contributed by atoms with Gasteiger partial charge in [0.25, 0.3) is 0 Å². The Labute approximate surface area is 230 Å². The van der Waals surface area contributed by atoms with E-state index in [0.717, 1.165) is 74.5 Å². The van der Waals surface area contributed by atoms with Crippen molar-refractivity contribution in [3.8, 4) is 0 Å². The van der Waals surface area contributed by atoms with Crippen LogP contribution < -0.4 is 20.0 Å². The third kappa shape index (κ3) is 4.48. The van der Waals surface area contributed by atoms with Crippen LogP contribution in [0.15, 0.2) is 36.4 Å². The number of aromatic nitrogens is 2. The number of halogens is 1. The molecule has 4 aliphatic heterocycles. The SMILES string of the molecule is CN(C)CC1CN(c2nc3c(c(N4CCC5CNC(C5)C4)n2)CCN(c2cccc4cccc(Cl)c24)C3)C1. The van der Waals surface area contributed by atoms with E-state index < -0.39 is 0 Å². The van der Waals surface area contributed by atoms with Crippen LogP contribution in [0.25, 0.3) is 10.8 Å². The number of anilines is 3. The fourth-order valence-corrected chi connectivity index (χ4v) is 7.34. The molecule has 3 saturated heterocycles. The molecule has 0 aliphatic carbocycles. The molecule has 8 heteroatoms. The molecule has 2 atom stereocenters. The van der Waals surface area contributed by atoms with Gasteiger partial charge < -0.3 is 24.9 Å². The van der Waals surface area contributed by atoms with Crippen LogP contribution >= 0.6 is 11.6 Å². The summed E-state index contributed by atoms with van der Waals surface area (Å²) >= 11 is 6.72. The van der Waals surface area contributed by atoms with E-state index in [1.54, 1.807) is 0 Å². The Morgan fingerprint density at radius 2 is 1.84 bits per heavy atom. The second-order valence-corrected chi connectivity index (χ2v) is 12.4. The molecule has 0 radical (unpaired) electrons. The van der Waals surface area contributed by atoms with Crippen molar-refractivity contribution in [3.63, 3.8) is 0 Å². The molecule has 0 spiro atoms. The van der Waals surface area contributed by atoms with Gasteiger partial charge in [-0.25, -0.2) is 4.98 Å². The van der Waals surface area contributed by atoms with Gasteiger partial charge in [-0.15, -0.1) is 0 Å². The molecular formula is C30H38ClN7. The molecule has 3 aromatic rings. The maximum atomic E-state index is 6.72. The van der Waals surface area contributed by atoms with Crippen molar-refractivity contribution in [2.45, 2.75) is 31.8 Å². The maximum absolute atomic E-state index is 6.72. The quantitative estimate of drug-likeness (QED) is 0.533. The second kappa shape index (κ2) is 9.85. The average Bonchev–Trinajstić information content (AvgIpc) is 3.23. The van der Waals surface area contributed by atoms with Crippen molar-refractivity contribution in [1.82, 2.24) is 20.2 Å². The third-order valence-electron chi connectivity index (χ3n) is 8.93. The fourth-order valence-electron chi connectivity index (χ4n) is 7.06. The third-order valence-corrected chi connectivity index (χ3v) is 9.24. The lowest BCUT2D eigenvalue weighted by Gasteiger charge is -2.42. The Morgan fingerprint density at radius 3 is 2.68 bits per heavy atom. The predicted molar refractivity (Wildman–Crippen MR) is 157 cm³/mol. The van der Waals surface area contributed by atoms with E-state index >= 15 is 0 Å². The molecule has 2 bridgehead atoms.